The Morgan fingerprint density at radius 2 is 1.73 bits per heavy atom. The van der Waals surface area contributed by atoms with E-state index in [2.05, 4.69) is 11.8 Å². The molecule has 0 aromatic heterocycles. The van der Waals surface area contributed by atoms with E-state index in [1.165, 1.54) is 0 Å². The Balaban J connectivity index is 1.60. The monoisotopic (exact) mass is 325 g/mol. The summed E-state index contributed by atoms with van der Waals surface area (Å²) in [6, 6.07) is -0.216. The lowest BCUT2D eigenvalue weighted by Crippen LogP contribution is -2.55. The summed E-state index contributed by atoms with van der Waals surface area (Å²) < 4.78 is 0. The van der Waals surface area contributed by atoms with Gasteiger partial charge in [-0.15, -0.1) is 11.8 Å². The second-order valence-corrected chi connectivity index (χ2v) is 7.56. The quantitative estimate of drug-likeness (QED) is 0.783. The second-order valence-electron chi connectivity index (χ2n) is 6.56. The zero-order valence-electron chi connectivity index (χ0n) is 13.5. The molecule has 1 unspecified atom stereocenters. The molecule has 1 aliphatic carbocycles. The molecule has 5 nitrogen and oxygen atoms in total. The van der Waals surface area contributed by atoms with E-state index in [0.29, 0.717) is 5.88 Å². The molecule has 2 aliphatic heterocycles. The summed E-state index contributed by atoms with van der Waals surface area (Å²) in [5.41, 5.74) is 0. The van der Waals surface area contributed by atoms with Crippen molar-refractivity contribution >= 4 is 23.6 Å². The third kappa shape index (κ3) is 3.27. The van der Waals surface area contributed by atoms with Crippen LogP contribution in [0.4, 0.5) is 0 Å². The van der Waals surface area contributed by atoms with Crippen LogP contribution in [0.5, 0.6) is 0 Å². The smallest absolute Gasteiger partial charge is 0.246 e. The normalized spacial score (nSPS) is 27.6. The molecule has 1 atom stereocenters. The molecule has 0 N–H and O–H groups in total. The SMILES string of the molecule is CCN1CCN(C(=O)C2CSCN2C(=O)C2CCCC2)CC1. The fraction of sp³-hybridized carbons (Fsp3) is 0.875. The minimum atomic E-state index is -0.216. The first-order valence-corrected chi connectivity index (χ1v) is 9.75. The Kier molecular flexibility index (Phi) is 5.29. The Bertz CT molecular complexity index is 418. The van der Waals surface area contributed by atoms with Crippen LogP contribution >= 0.6 is 11.8 Å². The summed E-state index contributed by atoms with van der Waals surface area (Å²) in [5, 5.41) is 0. The van der Waals surface area contributed by atoms with Gasteiger partial charge in [-0.05, 0) is 19.4 Å². The fourth-order valence-corrected chi connectivity index (χ4v) is 4.92. The van der Waals surface area contributed by atoms with E-state index in [4.69, 9.17) is 0 Å². The van der Waals surface area contributed by atoms with Gasteiger partial charge in [0.1, 0.15) is 6.04 Å². The lowest BCUT2D eigenvalue weighted by Gasteiger charge is -2.37. The molecule has 2 saturated heterocycles. The molecular weight excluding hydrogens is 298 g/mol. The minimum absolute atomic E-state index is 0.172. The Labute approximate surface area is 137 Å². The number of likely N-dealkylation sites (N-methyl/N-ethyl adjacent to an activating group) is 1. The predicted molar refractivity (Wildman–Crippen MR) is 88.6 cm³/mol. The van der Waals surface area contributed by atoms with Gasteiger partial charge in [0.15, 0.2) is 0 Å². The van der Waals surface area contributed by atoms with E-state index < -0.39 is 0 Å². The van der Waals surface area contributed by atoms with Crippen molar-refractivity contribution in [2.24, 2.45) is 5.92 Å². The highest BCUT2D eigenvalue weighted by molar-refractivity contribution is 7.99. The summed E-state index contributed by atoms with van der Waals surface area (Å²) in [4.78, 5) is 31.7. The van der Waals surface area contributed by atoms with Gasteiger partial charge in [0.25, 0.3) is 0 Å². The van der Waals surface area contributed by atoms with Crippen LogP contribution in [0.2, 0.25) is 0 Å². The number of carbonyl (C=O) groups excluding carboxylic acids is 2. The molecule has 0 bridgehead atoms. The van der Waals surface area contributed by atoms with Gasteiger partial charge in [0.05, 0.1) is 5.88 Å². The van der Waals surface area contributed by atoms with Crippen LogP contribution < -0.4 is 0 Å². The topological polar surface area (TPSA) is 43.9 Å². The van der Waals surface area contributed by atoms with Crippen molar-refractivity contribution in [2.75, 3.05) is 44.4 Å². The molecule has 3 rings (SSSR count). The first-order chi connectivity index (χ1) is 10.7. The maximum Gasteiger partial charge on any atom is 0.246 e. The molecule has 22 heavy (non-hydrogen) atoms. The number of hydrogen-bond donors (Lipinski definition) is 0. The minimum Gasteiger partial charge on any atom is -0.338 e. The average molecular weight is 325 g/mol. The Morgan fingerprint density at radius 3 is 2.36 bits per heavy atom. The van der Waals surface area contributed by atoms with Gasteiger partial charge in [-0.1, -0.05) is 19.8 Å². The summed E-state index contributed by atoms with van der Waals surface area (Å²) in [6.45, 7) is 6.73. The van der Waals surface area contributed by atoms with Gasteiger partial charge in [0, 0.05) is 37.8 Å². The van der Waals surface area contributed by atoms with Crippen LogP contribution in [0, 0.1) is 5.92 Å². The summed E-state index contributed by atoms with van der Waals surface area (Å²) in [6.07, 6.45) is 4.34. The van der Waals surface area contributed by atoms with Crippen molar-refractivity contribution in [1.82, 2.24) is 14.7 Å². The van der Waals surface area contributed by atoms with E-state index in [9.17, 15) is 9.59 Å². The summed E-state index contributed by atoms with van der Waals surface area (Å²) in [7, 11) is 0. The first kappa shape index (κ1) is 16.1. The van der Waals surface area contributed by atoms with Crippen LogP contribution in [0.15, 0.2) is 0 Å². The average Bonchev–Trinajstić information content (AvgIpc) is 3.25. The first-order valence-electron chi connectivity index (χ1n) is 8.60. The van der Waals surface area contributed by atoms with Crippen molar-refractivity contribution in [3.8, 4) is 0 Å². The van der Waals surface area contributed by atoms with Crippen LogP contribution in [0.25, 0.3) is 0 Å². The van der Waals surface area contributed by atoms with Gasteiger partial charge < -0.3 is 14.7 Å². The van der Waals surface area contributed by atoms with Gasteiger partial charge in [-0.3, -0.25) is 9.59 Å². The Morgan fingerprint density at radius 1 is 1.05 bits per heavy atom. The second kappa shape index (κ2) is 7.21. The van der Waals surface area contributed by atoms with Crippen LogP contribution in [0.3, 0.4) is 0 Å². The molecule has 2 amide bonds. The van der Waals surface area contributed by atoms with E-state index in [-0.39, 0.29) is 23.8 Å². The molecule has 2 heterocycles. The van der Waals surface area contributed by atoms with Crippen molar-refractivity contribution in [2.45, 2.75) is 38.6 Å². The number of nitrogens with zero attached hydrogens (tertiary/aromatic N) is 3. The van der Waals surface area contributed by atoms with Crippen molar-refractivity contribution in [3.63, 3.8) is 0 Å². The lowest BCUT2D eigenvalue weighted by atomic mass is 10.1. The number of amides is 2. The Hall–Kier alpha value is -0.750. The summed E-state index contributed by atoms with van der Waals surface area (Å²) in [5.74, 6) is 2.04. The van der Waals surface area contributed by atoms with E-state index in [1.807, 2.05) is 9.80 Å². The van der Waals surface area contributed by atoms with Gasteiger partial charge in [-0.2, -0.15) is 0 Å². The highest BCUT2D eigenvalue weighted by Crippen LogP contribution is 2.31. The highest BCUT2D eigenvalue weighted by Gasteiger charge is 2.40. The molecule has 0 radical (unpaired) electrons. The number of piperazine rings is 1. The standard InChI is InChI=1S/C16H27N3O2S/c1-2-17-7-9-18(10-8-17)16(21)14-11-22-12-19(14)15(20)13-5-3-4-6-13/h13-14H,2-12H2,1H3. The maximum absolute atomic E-state index is 12.8. The van der Waals surface area contributed by atoms with Gasteiger partial charge >= 0.3 is 0 Å². The zero-order chi connectivity index (χ0) is 15.5. The molecule has 124 valence electrons. The number of rotatable bonds is 3. The lowest BCUT2D eigenvalue weighted by molar-refractivity contribution is -0.146. The molecule has 0 spiro atoms. The predicted octanol–water partition coefficient (Wildman–Crippen LogP) is 1.24. The molecule has 3 fully saturated rings. The van der Waals surface area contributed by atoms with Crippen molar-refractivity contribution in [3.05, 3.63) is 0 Å². The highest BCUT2D eigenvalue weighted by atomic mass is 32.2. The van der Waals surface area contributed by atoms with Crippen LogP contribution in [-0.4, -0.2) is 76.9 Å². The van der Waals surface area contributed by atoms with Crippen LogP contribution in [-0.2, 0) is 9.59 Å². The molecule has 0 aromatic rings. The molecule has 6 heteroatoms. The number of hydrogen-bond acceptors (Lipinski definition) is 4. The number of carbonyl (C=O) groups is 2. The van der Waals surface area contributed by atoms with Gasteiger partial charge in [0.2, 0.25) is 11.8 Å². The van der Waals surface area contributed by atoms with Crippen molar-refractivity contribution < 1.29 is 9.59 Å². The number of thioether (sulfide) groups is 1. The van der Waals surface area contributed by atoms with E-state index >= 15 is 0 Å². The fourth-order valence-electron chi connectivity index (χ4n) is 3.77. The zero-order valence-corrected chi connectivity index (χ0v) is 14.3. The molecule has 0 aromatic carbocycles. The molecule has 1 saturated carbocycles. The molecule has 3 aliphatic rings. The third-order valence-corrected chi connectivity index (χ3v) is 6.30. The molecular formula is C16H27N3O2S. The van der Waals surface area contributed by atoms with Gasteiger partial charge in [-0.25, -0.2) is 0 Å². The maximum atomic E-state index is 12.8. The van der Waals surface area contributed by atoms with Crippen LogP contribution in [0.1, 0.15) is 32.6 Å². The largest absolute Gasteiger partial charge is 0.338 e. The third-order valence-electron chi connectivity index (χ3n) is 5.29. The van der Waals surface area contributed by atoms with E-state index in [0.717, 1.165) is 64.2 Å². The summed E-state index contributed by atoms with van der Waals surface area (Å²) >= 11 is 1.72. The van der Waals surface area contributed by atoms with E-state index in [1.54, 1.807) is 11.8 Å². The van der Waals surface area contributed by atoms with Crippen molar-refractivity contribution in [1.29, 1.82) is 0 Å².